The van der Waals surface area contributed by atoms with Crippen molar-refractivity contribution in [3.8, 4) is 0 Å². The van der Waals surface area contributed by atoms with Crippen LogP contribution in [0.5, 0.6) is 0 Å². The van der Waals surface area contributed by atoms with Crippen LogP contribution in [-0.4, -0.2) is 21.9 Å². The maximum Gasteiger partial charge on any atom is 0.325 e. The van der Waals surface area contributed by atoms with E-state index in [1.54, 1.807) is 0 Å². The Morgan fingerprint density at radius 2 is 2.13 bits per heavy atom. The van der Waals surface area contributed by atoms with Crippen LogP contribution in [0.4, 0.5) is 17.6 Å². The lowest BCUT2D eigenvalue weighted by Crippen LogP contribution is -2.36. The second-order valence-corrected chi connectivity index (χ2v) is 3.13. The molecule has 1 aromatic rings. The Morgan fingerprint density at radius 3 is 2.60 bits per heavy atom. The molecule has 0 aromatic carbocycles. The van der Waals surface area contributed by atoms with Crippen molar-refractivity contribution >= 4 is 11.6 Å². The Labute approximate surface area is 86.3 Å². The van der Waals surface area contributed by atoms with Crippen molar-refractivity contribution in [2.75, 3.05) is 0 Å². The summed E-state index contributed by atoms with van der Waals surface area (Å²) in [5, 5.41) is -0.184. The van der Waals surface area contributed by atoms with Crippen molar-refractivity contribution in [3.05, 3.63) is 27.9 Å². The fraction of sp³-hybridized carbons (Fsp3) is 0.429. The molecule has 0 aliphatic heterocycles. The molecular formula is C7H5ClF4N2O. The number of hydrogen-bond donors (Lipinski definition) is 0. The summed E-state index contributed by atoms with van der Waals surface area (Å²) >= 11 is 5.29. The highest BCUT2D eigenvalue weighted by Gasteiger charge is 2.41. The average molecular weight is 245 g/mol. The van der Waals surface area contributed by atoms with Gasteiger partial charge < -0.3 is 0 Å². The third kappa shape index (κ3) is 2.92. The third-order valence-electron chi connectivity index (χ3n) is 1.55. The Bertz CT molecular complexity index is 406. The van der Waals surface area contributed by atoms with Crippen LogP contribution in [0.15, 0.2) is 17.2 Å². The van der Waals surface area contributed by atoms with E-state index in [1.165, 1.54) is 0 Å². The molecule has 84 valence electrons. The number of rotatable bonds is 3. The molecular weight excluding hydrogens is 240 g/mol. The van der Waals surface area contributed by atoms with Gasteiger partial charge in [-0.05, 0) is 0 Å². The summed E-state index contributed by atoms with van der Waals surface area (Å²) in [6, 6.07) is 0.767. The van der Waals surface area contributed by atoms with Crippen molar-refractivity contribution < 1.29 is 17.6 Å². The molecule has 0 radical (unpaired) electrons. The molecule has 1 heterocycles. The van der Waals surface area contributed by atoms with E-state index in [2.05, 4.69) is 4.98 Å². The molecule has 1 rings (SSSR count). The van der Waals surface area contributed by atoms with E-state index in [9.17, 15) is 22.4 Å². The third-order valence-corrected chi connectivity index (χ3v) is 1.75. The van der Waals surface area contributed by atoms with E-state index in [4.69, 9.17) is 11.6 Å². The van der Waals surface area contributed by atoms with Gasteiger partial charge in [0, 0.05) is 6.07 Å². The number of nitrogens with zero attached hydrogens (tertiary/aromatic N) is 2. The largest absolute Gasteiger partial charge is 0.325 e. The molecule has 0 aliphatic carbocycles. The summed E-state index contributed by atoms with van der Waals surface area (Å²) in [7, 11) is 0. The van der Waals surface area contributed by atoms with Gasteiger partial charge in [-0.25, -0.2) is 13.8 Å². The summed E-state index contributed by atoms with van der Waals surface area (Å²) in [4.78, 5) is 14.3. The summed E-state index contributed by atoms with van der Waals surface area (Å²) in [6.07, 6.45) is -3.14. The van der Waals surface area contributed by atoms with Crippen LogP contribution in [-0.2, 0) is 6.54 Å². The van der Waals surface area contributed by atoms with Crippen LogP contribution in [0.1, 0.15) is 0 Å². The Morgan fingerprint density at radius 1 is 1.53 bits per heavy atom. The fourth-order valence-electron chi connectivity index (χ4n) is 0.819. The van der Waals surface area contributed by atoms with Gasteiger partial charge in [-0.15, -0.1) is 0 Å². The van der Waals surface area contributed by atoms with E-state index in [0.717, 1.165) is 6.07 Å². The Balaban J connectivity index is 2.95. The summed E-state index contributed by atoms with van der Waals surface area (Å²) in [5.74, 6) is -4.26. The molecule has 0 amide bonds. The molecule has 0 fully saturated rings. The normalized spacial score (nSPS) is 12.1. The monoisotopic (exact) mass is 244 g/mol. The Hall–Kier alpha value is -1.11. The summed E-state index contributed by atoms with van der Waals surface area (Å²) in [5.41, 5.74) is -0.907. The summed E-state index contributed by atoms with van der Waals surface area (Å²) < 4.78 is 49.1. The van der Waals surface area contributed by atoms with E-state index in [1.807, 2.05) is 0 Å². The van der Waals surface area contributed by atoms with Gasteiger partial charge in [0.05, 0.1) is 12.9 Å². The minimum absolute atomic E-state index is 0.184. The number of aromatic nitrogens is 2. The standard InChI is InChI=1S/C7H5ClF4N2O/c8-4-1-5(15)14(3-13-4)2-7(11,12)6(9)10/h1,3,6H,2H2. The first-order valence-corrected chi connectivity index (χ1v) is 4.08. The highest BCUT2D eigenvalue weighted by atomic mass is 35.5. The van der Waals surface area contributed by atoms with Crippen molar-refractivity contribution in [1.82, 2.24) is 9.55 Å². The molecule has 0 unspecified atom stereocenters. The van der Waals surface area contributed by atoms with E-state index < -0.39 is 24.5 Å². The fourth-order valence-corrected chi connectivity index (χ4v) is 0.956. The van der Waals surface area contributed by atoms with Crippen LogP contribution in [0.25, 0.3) is 0 Å². The highest BCUT2D eigenvalue weighted by molar-refractivity contribution is 6.29. The molecule has 0 aliphatic rings. The lowest BCUT2D eigenvalue weighted by molar-refractivity contribution is -0.138. The first-order valence-electron chi connectivity index (χ1n) is 3.71. The van der Waals surface area contributed by atoms with Crippen molar-refractivity contribution in [2.24, 2.45) is 0 Å². The van der Waals surface area contributed by atoms with Gasteiger partial charge in [-0.2, -0.15) is 8.78 Å². The molecule has 3 nitrogen and oxygen atoms in total. The minimum atomic E-state index is -4.26. The lowest BCUT2D eigenvalue weighted by atomic mass is 10.3. The second kappa shape index (κ2) is 4.18. The molecule has 0 saturated carbocycles. The smallest absolute Gasteiger partial charge is 0.293 e. The van der Waals surface area contributed by atoms with Gasteiger partial charge in [0.1, 0.15) is 5.15 Å². The van der Waals surface area contributed by atoms with Crippen LogP contribution in [0, 0.1) is 0 Å². The van der Waals surface area contributed by atoms with Gasteiger partial charge in [0.15, 0.2) is 0 Å². The predicted octanol–water partition coefficient (Wildman–Crippen LogP) is 1.80. The molecule has 15 heavy (non-hydrogen) atoms. The van der Waals surface area contributed by atoms with E-state index >= 15 is 0 Å². The predicted molar refractivity (Wildman–Crippen MR) is 44.5 cm³/mol. The zero-order valence-electron chi connectivity index (χ0n) is 7.13. The zero-order chi connectivity index (χ0) is 11.6. The Kier molecular flexibility index (Phi) is 3.33. The van der Waals surface area contributed by atoms with Gasteiger partial charge >= 0.3 is 12.3 Å². The number of hydrogen-bond acceptors (Lipinski definition) is 2. The first kappa shape index (κ1) is 12.0. The van der Waals surface area contributed by atoms with Gasteiger partial charge in [0.2, 0.25) is 0 Å². The molecule has 0 spiro atoms. The van der Waals surface area contributed by atoms with Gasteiger partial charge in [-0.1, -0.05) is 11.6 Å². The van der Waals surface area contributed by atoms with Crippen LogP contribution in [0.3, 0.4) is 0 Å². The SMILES string of the molecule is O=c1cc(Cl)ncn1CC(F)(F)C(F)F. The van der Waals surface area contributed by atoms with Crippen LogP contribution >= 0.6 is 11.6 Å². The molecule has 0 bridgehead atoms. The van der Waals surface area contributed by atoms with Gasteiger partial charge in [0.25, 0.3) is 5.56 Å². The van der Waals surface area contributed by atoms with E-state index in [-0.39, 0.29) is 5.15 Å². The molecule has 0 saturated heterocycles. The maximum atomic E-state index is 12.5. The van der Waals surface area contributed by atoms with Gasteiger partial charge in [-0.3, -0.25) is 9.36 Å². The van der Waals surface area contributed by atoms with Crippen molar-refractivity contribution in [2.45, 2.75) is 18.9 Å². The van der Waals surface area contributed by atoms with E-state index in [0.29, 0.717) is 10.9 Å². The van der Waals surface area contributed by atoms with Crippen molar-refractivity contribution in [3.63, 3.8) is 0 Å². The number of halogens is 5. The number of alkyl halides is 4. The van der Waals surface area contributed by atoms with Crippen LogP contribution < -0.4 is 5.56 Å². The topological polar surface area (TPSA) is 34.9 Å². The average Bonchev–Trinajstić information content (AvgIpc) is 2.09. The quantitative estimate of drug-likeness (QED) is 0.600. The lowest BCUT2D eigenvalue weighted by Gasteiger charge is -2.15. The second-order valence-electron chi connectivity index (χ2n) is 2.74. The summed E-state index contributed by atoms with van der Waals surface area (Å²) in [6.45, 7) is -1.42. The molecule has 8 heteroatoms. The molecule has 0 atom stereocenters. The maximum absolute atomic E-state index is 12.5. The highest BCUT2D eigenvalue weighted by Crippen LogP contribution is 2.23. The van der Waals surface area contributed by atoms with Crippen LogP contribution in [0.2, 0.25) is 5.15 Å². The zero-order valence-corrected chi connectivity index (χ0v) is 7.89. The minimum Gasteiger partial charge on any atom is -0.293 e. The molecule has 1 aromatic heterocycles. The first-order chi connectivity index (χ1) is 6.83. The van der Waals surface area contributed by atoms with Crippen molar-refractivity contribution in [1.29, 1.82) is 0 Å². The molecule has 0 N–H and O–H groups in total.